The van der Waals surface area contributed by atoms with Gasteiger partial charge in [0.1, 0.15) is 5.82 Å². The summed E-state index contributed by atoms with van der Waals surface area (Å²) < 4.78 is 2.30. The van der Waals surface area contributed by atoms with E-state index in [4.69, 9.17) is 0 Å². The predicted octanol–water partition coefficient (Wildman–Crippen LogP) is 4.75. The van der Waals surface area contributed by atoms with Crippen LogP contribution in [0.3, 0.4) is 0 Å². The number of benzene rings is 1. The molecular formula is C24H29N3OS. The summed E-state index contributed by atoms with van der Waals surface area (Å²) in [5, 5.41) is 4.35. The zero-order valence-corrected chi connectivity index (χ0v) is 18.1. The maximum atomic E-state index is 12.8. The Labute approximate surface area is 177 Å². The zero-order chi connectivity index (χ0) is 20.2. The molecule has 5 heteroatoms. The van der Waals surface area contributed by atoms with Crippen LogP contribution < -0.4 is 0 Å². The first-order valence-electron chi connectivity index (χ1n) is 10.5. The van der Waals surface area contributed by atoms with Gasteiger partial charge in [-0.2, -0.15) is 11.3 Å². The summed E-state index contributed by atoms with van der Waals surface area (Å²) in [5.41, 5.74) is 4.96. The summed E-state index contributed by atoms with van der Waals surface area (Å²) in [6, 6.07) is 8.60. The van der Waals surface area contributed by atoms with E-state index in [0.29, 0.717) is 12.3 Å². The summed E-state index contributed by atoms with van der Waals surface area (Å²) in [7, 11) is 0. The molecule has 152 valence electrons. The quantitative estimate of drug-likeness (QED) is 0.591. The van der Waals surface area contributed by atoms with Gasteiger partial charge < -0.3 is 9.47 Å². The highest BCUT2D eigenvalue weighted by Crippen LogP contribution is 2.27. The van der Waals surface area contributed by atoms with Gasteiger partial charge in [0.05, 0.1) is 6.42 Å². The summed E-state index contributed by atoms with van der Waals surface area (Å²) in [6.45, 7) is 6.80. The highest BCUT2D eigenvalue weighted by Gasteiger charge is 2.26. The van der Waals surface area contributed by atoms with Crippen molar-refractivity contribution < 1.29 is 4.79 Å². The van der Waals surface area contributed by atoms with E-state index in [-0.39, 0.29) is 5.91 Å². The van der Waals surface area contributed by atoms with Gasteiger partial charge in [-0.1, -0.05) is 29.3 Å². The van der Waals surface area contributed by atoms with Crippen molar-refractivity contribution >= 4 is 17.2 Å². The Morgan fingerprint density at radius 1 is 1.14 bits per heavy atom. The van der Waals surface area contributed by atoms with E-state index in [9.17, 15) is 4.79 Å². The van der Waals surface area contributed by atoms with Gasteiger partial charge >= 0.3 is 0 Å². The Kier molecular flexibility index (Phi) is 6.14. The third-order valence-corrected chi connectivity index (χ3v) is 6.55. The van der Waals surface area contributed by atoms with E-state index in [2.05, 4.69) is 64.6 Å². The first-order valence-corrected chi connectivity index (χ1v) is 11.4. The van der Waals surface area contributed by atoms with Gasteiger partial charge in [-0.05, 0) is 61.1 Å². The molecule has 0 atom stereocenters. The summed E-state index contributed by atoms with van der Waals surface area (Å²) in [6.07, 6.45) is 7.55. The summed E-state index contributed by atoms with van der Waals surface area (Å²) in [5.74, 6) is 1.87. The van der Waals surface area contributed by atoms with Crippen molar-refractivity contribution in [3.63, 3.8) is 0 Å². The summed E-state index contributed by atoms with van der Waals surface area (Å²) in [4.78, 5) is 19.5. The lowest BCUT2D eigenvalue weighted by Crippen LogP contribution is -2.39. The minimum atomic E-state index is 0.245. The molecule has 3 heterocycles. The van der Waals surface area contributed by atoms with Crippen LogP contribution in [0.25, 0.3) is 0 Å². The number of carbonyl (C=O) groups is 1. The maximum Gasteiger partial charge on any atom is 0.226 e. The van der Waals surface area contributed by atoms with E-state index >= 15 is 0 Å². The van der Waals surface area contributed by atoms with Gasteiger partial charge in [-0.25, -0.2) is 4.98 Å². The molecule has 4 rings (SSSR count). The molecule has 1 saturated heterocycles. The molecule has 0 unspecified atom stereocenters. The number of nitrogens with zero attached hydrogens (tertiary/aromatic N) is 3. The molecule has 4 nitrogen and oxygen atoms in total. The average Bonchev–Trinajstić information content (AvgIpc) is 3.37. The van der Waals surface area contributed by atoms with Crippen LogP contribution in [0.15, 0.2) is 47.4 Å². The van der Waals surface area contributed by atoms with Gasteiger partial charge in [0.25, 0.3) is 0 Å². The van der Waals surface area contributed by atoms with Gasteiger partial charge in [-0.15, -0.1) is 0 Å². The largest absolute Gasteiger partial charge is 0.342 e. The number of likely N-dealkylation sites (tertiary alicyclic amines) is 1. The second kappa shape index (κ2) is 8.95. The van der Waals surface area contributed by atoms with Crippen LogP contribution in [-0.4, -0.2) is 33.4 Å². The Balaban J connectivity index is 1.32. The lowest BCUT2D eigenvalue weighted by Gasteiger charge is -2.32. The van der Waals surface area contributed by atoms with Gasteiger partial charge in [-0.3, -0.25) is 4.79 Å². The van der Waals surface area contributed by atoms with Crippen molar-refractivity contribution in [2.45, 2.75) is 52.0 Å². The number of piperidine rings is 1. The summed E-state index contributed by atoms with van der Waals surface area (Å²) >= 11 is 1.75. The van der Waals surface area contributed by atoms with Crippen LogP contribution in [0.4, 0.5) is 0 Å². The lowest BCUT2D eigenvalue weighted by molar-refractivity contribution is -0.131. The van der Waals surface area contributed by atoms with Crippen LogP contribution in [0.2, 0.25) is 0 Å². The zero-order valence-electron chi connectivity index (χ0n) is 17.3. The molecule has 29 heavy (non-hydrogen) atoms. The number of imidazole rings is 1. The predicted molar refractivity (Wildman–Crippen MR) is 118 cm³/mol. The minimum absolute atomic E-state index is 0.245. The molecule has 1 aliphatic rings. The van der Waals surface area contributed by atoms with Gasteiger partial charge in [0, 0.05) is 37.9 Å². The molecule has 0 spiro atoms. The van der Waals surface area contributed by atoms with Gasteiger partial charge in [0.15, 0.2) is 0 Å². The molecule has 0 aliphatic carbocycles. The highest BCUT2D eigenvalue weighted by atomic mass is 32.1. The van der Waals surface area contributed by atoms with Crippen molar-refractivity contribution in [1.82, 2.24) is 14.5 Å². The maximum absolute atomic E-state index is 12.8. The Hall–Kier alpha value is -2.40. The number of rotatable bonds is 6. The number of amides is 1. The molecule has 3 aromatic rings. The van der Waals surface area contributed by atoms with Crippen molar-refractivity contribution in [3.8, 4) is 0 Å². The normalized spacial score (nSPS) is 15.0. The fourth-order valence-electron chi connectivity index (χ4n) is 4.40. The molecule has 1 fully saturated rings. The number of aryl methyl sites for hydroxylation is 4. The molecule has 0 radical (unpaired) electrons. The Bertz CT molecular complexity index is 932. The Morgan fingerprint density at radius 2 is 1.90 bits per heavy atom. The van der Waals surface area contributed by atoms with Crippen LogP contribution in [0.5, 0.6) is 0 Å². The highest BCUT2D eigenvalue weighted by molar-refractivity contribution is 7.07. The SMILES string of the molecule is Cc1cc(C)cc(CC(=O)N2CCC(c3nccn3CCc3ccsc3)CC2)c1. The fraction of sp³-hybridized carbons (Fsp3) is 0.417. The van der Waals surface area contributed by atoms with E-state index in [0.717, 1.165) is 44.5 Å². The first-order chi connectivity index (χ1) is 14.1. The second-order valence-corrected chi connectivity index (χ2v) is 8.97. The number of hydrogen-bond donors (Lipinski definition) is 0. The Morgan fingerprint density at radius 3 is 2.59 bits per heavy atom. The van der Waals surface area contributed by atoms with E-state index in [1.54, 1.807) is 11.3 Å². The van der Waals surface area contributed by atoms with Crippen molar-refractivity contribution in [2.24, 2.45) is 0 Å². The molecule has 1 aliphatic heterocycles. The molecule has 2 aromatic heterocycles. The molecule has 0 bridgehead atoms. The topological polar surface area (TPSA) is 38.1 Å². The lowest BCUT2D eigenvalue weighted by atomic mass is 9.95. The molecule has 0 N–H and O–H groups in total. The smallest absolute Gasteiger partial charge is 0.226 e. The number of aromatic nitrogens is 2. The molecular weight excluding hydrogens is 378 g/mol. The van der Waals surface area contributed by atoms with E-state index in [1.807, 2.05) is 11.1 Å². The first kappa shape index (κ1) is 19.9. The van der Waals surface area contributed by atoms with E-state index in [1.165, 1.54) is 22.5 Å². The van der Waals surface area contributed by atoms with Gasteiger partial charge in [0.2, 0.25) is 5.91 Å². The van der Waals surface area contributed by atoms with Crippen LogP contribution in [0.1, 0.15) is 46.8 Å². The minimum Gasteiger partial charge on any atom is -0.342 e. The molecule has 1 aromatic carbocycles. The van der Waals surface area contributed by atoms with Crippen molar-refractivity contribution in [2.75, 3.05) is 13.1 Å². The standard InChI is InChI=1S/C24H29N3OS/c1-18-13-19(2)15-21(14-18)16-23(28)26-9-4-22(5-10-26)24-25-7-11-27(24)8-3-20-6-12-29-17-20/h6-7,11-15,17,22H,3-5,8-10,16H2,1-2H3. The number of hydrogen-bond acceptors (Lipinski definition) is 3. The van der Waals surface area contributed by atoms with Crippen LogP contribution in [-0.2, 0) is 24.2 Å². The average molecular weight is 408 g/mol. The van der Waals surface area contributed by atoms with Crippen molar-refractivity contribution in [1.29, 1.82) is 0 Å². The van der Waals surface area contributed by atoms with Crippen LogP contribution >= 0.6 is 11.3 Å². The van der Waals surface area contributed by atoms with Crippen LogP contribution in [0, 0.1) is 13.8 Å². The third-order valence-electron chi connectivity index (χ3n) is 5.82. The number of carbonyl (C=O) groups excluding carboxylic acids is 1. The molecule has 1 amide bonds. The second-order valence-electron chi connectivity index (χ2n) is 8.19. The monoisotopic (exact) mass is 407 g/mol. The third kappa shape index (κ3) is 4.96. The number of thiophene rings is 1. The van der Waals surface area contributed by atoms with E-state index < -0.39 is 0 Å². The van der Waals surface area contributed by atoms with Crippen molar-refractivity contribution in [3.05, 3.63) is 75.5 Å². The molecule has 0 saturated carbocycles. The fourth-order valence-corrected chi connectivity index (χ4v) is 5.10.